The van der Waals surface area contributed by atoms with E-state index >= 15 is 0 Å². The van der Waals surface area contributed by atoms with Crippen LogP contribution in [0.2, 0.25) is 0 Å². The second kappa shape index (κ2) is 5.55. The van der Waals surface area contributed by atoms with Gasteiger partial charge in [0.25, 0.3) is 0 Å². The van der Waals surface area contributed by atoms with E-state index < -0.39 is 47.0 Å². The van der Waals surface area contributed by atoms with Gasteiger partial charge in [-0.3, -0.25) is 0 Å². The molecular formula is C10F8N2O2. The zero-order chi connectivity index (χ0) is 17.3. The van der Waals surface area contributed by atoms with Crippen LogP contribution in [0.4, 0.5) is 35.1 Å². The molecule has 0 fully saturated rings. The number of hydrogen-bond acceptors (Lipinski definition) is 4. The molecule has 0 saturated heterocycles. The van der Waals surface area contributed by atoms with Gasteiger partial charge < -0.3 is 9.47 Å². The molecule has 1 aromatic carbocycles. The van der Waals surface area contributed by atoms with E-state index in [2.05, 4.69) is 9.47 Å². The second-order valence-corrected chi connectivity index (χ2v) is 3.36. The minimum atomic E-state index is -5.59. The van der Waals surface area contributed by atoms with Crippen molar-refractivity contribution in [1.29, 1.82) is 10.5 Å². The summed E-state index contributed by atoms with van der Waals surface area (Å²) >= 11 is 0. The Kier molecular flexibility index (Phi) is 4.37. The topological polar surface area (TPSA) is 66.0 Å². The van der Waals surface area contributed by atoms with Crippen molar-refractivity contribution in [2.24, 2.45) is 0 Å². The third kappa shape index (κ3) is 3.66. The molecule has 0 aliphatic rings. The van der Waals surface area contributed by atoms with Gasteiger partial charge in [-0.2, -0.15) is 19.3 Å². The van der Waals surface area contributed by atoms with Gasteiger partial charge in [0.15, 0.2) is 11.5 Å². The maximum Gasteiger partial charge on any atom is 0.573 e. The highest BCUT2D eigenvalue weighted by molar-refractivity contribution is 5.61. The SMILES string of the molecule is N#Cc1c(C#N)c(OC(F)(F)F)c(F)c(F)c1OC(F)(F)F. The summed E-state index contributed by atoms with van der Waals surface area (Å²) in [4.78, 5) is 0. The lowest BCUT2D eigenvalue weighted by molar-refractivity contribution is -0.278. The first-order valence-electron chi connectivity index (χ1n) is 4.78. The molecule has 12 heteroatoms. The van der Waals surface area contributed by atoms with Crippen LogP contribution in [-0.2, 0) is 0 Å². The molecule has 4 nitrogen and oxygen atoms in total. The molecule has 1 aromatic rings. The number of nitrogens with zero attached hydrogens (tertiary/aromatic N) is 2. The van der Waals surface area contributed by atoms with E-state index in [4.69, 9.17) is 10.5 Å². The minimum absolute atomic E-state index is 0.830. The van der Waals surface area contributed by atoms with Crippen LogP contribution >= 0.6 is 0 Å². The molecule has 0 unspecified atom stereocenters. The quantitative estimate of drug-likeness (QED) is 0.778. The summed E-state index contributed by atoms with van der Waals surface area (Å²) in [6.07, 6.45) is -11.2. The standard InChI is InChI=1S/C10F8N2O2/c11-5-6(12)8(22-10(16,17)18)4(2-20)3(1-19)7(5)21-9(13,14)15. The zero-order valence-corrected chi connectivity index (χ0v) is 9.73. The first kappa shape index (κ1) is 17.3. The fourth-order valence-corrected chi connectivity index (χ4v) is 1.28. The molecule has 0 saturated carbocycles. The monoisotopic (exact) mass is 332 g/mol. The van der Waals surface area contributed by atoms with E-state index in [0.29, 0.717) is 0 Å². The molecule has 0 bridgehead atoms. The van der Waals surface area contributed by atoms with E-state index in [1.807, 2.05) is 0 Å². The van der Waals surface area contributed by atoms with Crippen LogP contribution in [0.1, 0.15) is 11.1 Å². The molecule has 22 heavy (non-hydrogen) atoms. The van der Waals surface area contributed by atoms with E-state index in [1.165, 1.54) is 0 Å². The first-order chi connectivity index (χ1) is 9.91. The first-order valence-corrected chi connectivity index (χ1v) is 4.78. The van der Waals surface area contributed by atoms with Gasteiger partial charge >= 0.3 is 12.7 Å². The maximum atomic E-state index is 13.4. The smallest absolute Gasteiger partial charge is 0.401 e. The van der Waals surface area contributed by atoms with Gasteiger partial charge in [0, 0.05) is 0 Å². The van der Waals surface area contributed by atoms with Crippen molar-refractivity contribution in [1.82, 2.24) is 0 Å². The van der Waals surface area contributed by atoms with Crippen LogP contribution < -0.4 is 9.47 Å². The lowest BCUT2D eigenvalue weighted by Crippen LogP contribution is -2.22. The van der Waals surface area contributed by atoms with Crippen LogP contribution in [0.5, 0.6) is 11.5 Å². The molecule has 0 aliphatic carbocycles. The molecule has 0 amide bonds. The average molecular weight is 332 g/mol. The van der Waals surface area contributed by atoms with Crippen LogP contribution in [0.25, 0.3) is 0 Å². The number of halogens is 8. The van der Waals surface area contributed by atoms with Gasteiger partial charge in [0.1, 0.15) is 23.3 Å². The van der Waals surface area contributed by atoms with E-state index in [0.717, 1.165) is 12.1 Å². The predicted octanol–water partition coefficient (Wildman–Crippen LogP) is 3.51. The Hall–Kier alpha value is -2.76. The Morgan fingerprint density at radius 3 is 1.14 bits per heavy atom. The maximum absolute atomic E-state index is 13.4. The molecule has 0 aliphatic heterocycles. The van der Waals surface area contributed by atoms with Crippen molar-refractivity contribution in [3.8, 4) is 23.6 Å². The molecule has 0 atom stereocenters. The van der Waals surface area contributed by atoms with Crippen LogP contribution in [0.15, 0.2) is 0 Å². The highest BCUT2D eigenvalue weighted by Crippen LogP contribution is 2.40. The molecule has 118 valence electrons. The summed E-state index contributed by atoms with van der Waals surface area (Å²) < 4.78 is 105. The van der Waals surface area contributed by atoms with Crippen molar-refractivity contribution in [3.05, 3.63) is 22.8 Å². The fraction of sp³-hybridized carbons (Fsp3) is 0.200. The lowest BCUT2D eigenvalue weighted by atomic mass is 10.1. The second-order valence-electron chi connectivity index (χ2n) is 3.36. The number of hydrogen-bond donors (Lipinski definition) is 0. The van der Waals surface area contributed by atoms with E-state index in [1.54, 1.807) is 0 Å². The number of alkyl halides is 6. The van der Waals surface area contributed by atoms with Gasteiger partial charge in [0.2, 0.25) is 11.6 Å². The summed E-state index contributed by atoms with van der Waals surface area (Å²) in [5.41, 5.74) is -3.20. The Morgan fingerprint density at radius 1 is 0.682 bits per heavy atom. The van der Waals surface area contributed by atoms with Crippen molar-refractivity contribution in [2.45, 2.75) is 12.7 Å². The Labute approximate surface area is 115 Å². The summed E-state index contributed by atoms with van der Waals surface area (Å²) in [6.45, 7) is 0. The minimum Gasteiger partial charge on any atom is -0.401 e. The molecule has 0 N–H and O–H groups in total. The van der Waals surface area contributed by atoms with Gasteiger partial charge in [-0.05, 0) is 0 Å². The molecule has 0 heterocycles. The predicted molar refractivity (Wildman–Crippen MR) is 49.2 cm³/mol. The van der Waals surface area contributed by atoms with Crippen molar-refractivity contribution in [3.63, 3.8) is 0 Å². The van der Waals surface area contributed by atoms with Crippen LogP contribution in [0.3, 0.4) is 0 Å². The number of ether oxygens (including phenoxy) is 2. The molecule has 1 rings (SSSR count). The van der Waals surface area contributed by atoms with Crippen LogP contribution in [0, 0.1) is 34.3 Å². The zero-order valence-electron chi connectivity index (χ0n) is 9.73. The Balaban J connectivity index is 3.71. The third-order valence-corrected chi connectivity index (χ3v) is 1.95. The van der Waals surface area contributed by atoms with Gasteiger partial charge in [-0.15, -0.1) is 26.3 Å². The highest BCUT2D eigenvalue weighted by Gasteiger charge is 2.40. The summed E-state index contributed by atoms with van der Waals surface area (Å²) in [7, 11) is 0. The Bertz CT molecular complexity index is 622. The van der Waals surface area contributed by atoms with Crippen molar-refractivity contribution < 1.29 is 44.6 Å². The molecule has 0 aromatic heterocycles. The van der Waals surface area contributed by atoms with Crippen molar-refractivity contribution >= 4 is 0 Å². The summed E-state index contributed by atoms with van der Waals surface area (Å²) in [5.74, 6) is -9.27. The van der Waals surface area contributed by atoms with Gasteiger partial charge in [-0.25, -0.2) is 0 Å². The Morgan fingerprint density at radius 2 is 0.955 bits per heavy atom. The van der Waals surface area contributed by atoms with Crippen molar-refractivity contribution in [2.75, 3.05) is 0 Å². The molecular weight excluding hydrogens is 332 g/mol. The van der Waals surface area contributed by atoms with E-state index in [9.17, 15) is 35.1 Å². The number of rotatable bonds is 2. The van der Waals surface area contributed by atoms with Gasteiger partial charge in [0.05, 0.1) is 0 Å². The van der Waals surface area contributed by atoms with E-state index in [-0.39, 0.29) is 0 Å². The third-order valence-electron chi connectivity index (χ3n) is 1.95. The molecule has 0 spiro atoms. The number of benzene rings is 1. The average Bonchev–Trinajstić information content (AvgIpc) is 2.35. The highest BCUT2D eigenvalue weighted by atomic mass is 19.4. The largest absolute Gasteiger partial charge is 0.573 e. The summed E-state index contributed by atoms with van der Waals surface area (Å²) in [5, 5.41) is 17.2. The fourth-order valence-electron chi connectivity index (χ4n) is 1.28. The lowest BCUT2D eigenvalue weighted by Gasteiger charge is -2.16. The number of nitriles is 2. The summed E-state index contributed by atoms with van der Waals surface area (Å²) in [6, 6.07) is 1.66. The van der Waals surface area contributed by atoms with Gasteiger partial charge in [-0.1, -0.05) is 0 Å². The molecule has 0 radical (unpaired) electrons. The normalized spacial score (nSPS) is 11.5. The van der Waals surface area contributed by atoms with Crippen LogP contribution in [-0.4, -0.2) is 12.7 Å².